The number of hydrogen-bond acceptors (Lipinski definition) is 6. The monoisotopic (exact) mass is 470 g/mol. The highest BCUT2D eigenvalue weighted by atomic mass is 32.2. The van der Waals surface area contributed by atoms with Gasteiger partial charge in [-0.3, -0.25) is 19.1 Å². The molecule has 1 aromatic carbocycles. The quantitative estimate of drug-likeness (QED) is 0.489. The third-order valence-corrected chi connectivity index (χ3v) is 7.23. The van der Waals surface area contributed by atoms with Crippen LogP contribution in [0.4, 0.5) is 11.5 Å². The third-order valence-electron chi connectivity index (χ3n) is 6.22. The Morgan fingerprint density at radius 1 is 1.27 bits per heavy atom. The molecule has 3 N–H and O–H groups in total. The second kappa shape index (κ2) is 9.86. The molecular formula is C23H30N6O3S. The van der Waals surface area contributed by atoms with Crippen molar-refractivity contribution in [2.24, 2.45) is 7.05 Å². The molecule has 0 radical (unpaired) electrons. The Morgan fingerprint density at radius 3 is 2.70 bits per heavy atom. The Balaban J connectivity index is 1.66. The standard InChI is InChI=1S/C23H30N6O3S/c1-3-4-13-28-20(24)19(21(31)26-22(28)32)29(15-9-5-6-10-15)18(30)14-33-23-25-16-11-7-8-12-17(16)27(23)2/h7-8,11-12,15H,3-6,9-10,13-14,24H2,1-2H3,(H,26,31,32). The fourth-order valence-electron chi connectivity index (χ4n) is 4.47. The topological polar surface area (TPSA) is 119 Å². The summed E-state index contributed by atoms with van der Waals surface area (Å²) in [5.74, 6) is -0.0392. The van der Waals surface area contributed by atoms with Crippen molar-refractivity contribution in [2.75, 3.05) is 16.4 Å². The summed E-state index contributed by atoms with van der Waals surface area (Å²) in [7, 11) is 1.92. The van der Waals surface area contributed by atoms with E-state index >= 15 is 0 Å². The second-order valence-corrected chi connectivity index (χ2v) is 9.37. The van der Waals surface area contributed by atoms with E-state index in [1.165, 1.54) is 16.3 Å². The van der Waals surface area contributed by atoms with Gasteiger partial charge in [-0.05, 0) is 31.4 Å². The second-order valence-electron chi connectivity index (χ2n) is 8.43. The average Bonchev–Trinajstić information content (AvgIpc) is 3.43. The molecule has 1 aliphatic rings. The Hall–Kier alpha value is -3.01. The minimum Gasteiger partial charge on any atom is -0.383 e. The number of imidazole rings is 1. The van der Waals surface area contributed by atoms with E-state index in [1.54, 1.807) is 4.90 Å². The van der Waals surface area contributed by atoms with E-state index in [2.05, 4.69) is 9.97 Å². The first-order valence-electron chi connectivity index (χ1n) is 11.4. The number of fused-ring (bicyclic) bond motifs is 1. The number of aromatic amines is 1. The summed E-state index contributed by atoms with van der Waals surface area (Å²) in [5.41, 5.74) is 7.14. The van der Waals surface area contributed by atoms with Gasteiger partial charge in [0, 0.05) is 19.6 Å². The lowest BCUT2D eigenvalue weighted by Crippen LogP contribution is -2.46. The van der Waals surface area contributed by atoms with E-state index in [0.29, 0.717) is 6.54 Å². The first-order chi connectivity index (χ1) is 15.9. The fraction of sp³-hybridized carbons (Fsp3) is 0.478. The molecule has 176 valence electrons. The van der Waals surface area contributed by atoms with Gasteiger partial charge in [-0.25, -0.2) is 9.78 Å². The van der Waals surface area contributed by atoms with Crippen molar-refractivity contribution >= 4 is 40.2 Å². The number of rotatable bonds is 8. The maximum absolute atomic E-state index is 13.5. The summed E-state index contributed by atoms with van der Waals surface area (Å²) >= 11 is 1.33. The van der Waals surface area contributed by atoms with E-state index in [4.69, 9.17) is 5.73 Å². The number of H-pyrrole nitrogens is 1. The molecule has 0 unspecified atom stereocenters. The van der Waals surface area contributed by atoms with Gasteiger partial charge in [0.15, 0.2) is 10.8 Å². The molecule has 3 aromatic rings. The van der Waals surface area contributed by atoms with Crippen LogP contribution in [0.2, 0.25) is 0 Å². The number of amides is 1. The van der Waals surface area contributed by atoms with E-state index < -0.39 is 11.2 Å². The minimum atomic E-state index is -0.613. The molecule has 9 nitrogen and oxygen atoms in total. The molecule has 1 aliphatic carbocycles. The van der Waals surface area contributed by atoms with Gasteiger partial charge < -0.3 is 15.2 Å². The molecule has 1 fully saturated rings. The Bertz CT molecular complexity index is 1270. The molecule has 2 aromatic heterocycles. The van der Waals surface area contributed by atoms with Gasteiger partial charge >= 0.3 is 5.69 Å². The van der Waals surface area contributed by atoms with Gasteiger partial charge in [0.05, 0.1) is 16.8 Å². The molecule has 0 bridgehead atoms. The molecule has 0 aliphatic heterocycles. The van der Waals surface area contributed by atoms with Crippen LogP contribution in [0.25, 0.3) is 11.0 Å². The van der Waals surface area contributed by atoms with Crippen molar-refractivity contribution in [3.8, 4) is 0 Å². The SMILES string of the molecule is CCCCn1c(N)c(N(C(=O)CSc2nc3ccccc3n2C)C2CCCC2)c(=O)[nH]c1=O. The van der Waals surface area contributed by atoms with Gasteiger partial charge in [-0.2, -0.15) is 0 Å². The van der Waals surface area contributed by atoms with Gasteiger partial charge in [0.1, 0.15) is 5.82 Å². The Kier molecular flexibility index (Phi) is 6.92. The number of nitrogens with one attached hydrogen (secondary N) is 1. The zero-order valence-electron chi connectivity index (χ0n) is 19.0. The number of unbranched alkanes of at least 4 members (excludes halogenated alkanes) is 1. The number of para-hydroxylation sites is 2. The van der Waals surface area contributed by atoms with Crippen LogP contribution in [0.3, 0.4) is 0 Å². The number of nitrogen functional groups attached to an aromatic ring is 1. The maximum atomic E-state index is 13.5. The predicted octanol–water partition coefficient (Wildman–Crippen LogP) is 2.87. The number of nitrogens with two attached hydrogens (primary N) is 1. The first-order valence-corrected chi connectivity index (χ1v) is 12.4. The average molecular weight is 471 g/mol. The molecule has 2 heterocycles. The largest absolute Gasteiger partial charge is 0.383 e. The normalized spacial score (nSPS) is 14.2. The van der Waals surface area contributed by atoms with Crippen LogP contribution < -0.4 is 21.9 Å². The lowest BCUT2D eigenvalue weighted by Gasteiger charge is -2.29. The molecule has 0 saturated heterocycles. The number of carbonyl (C=O) groups is 1. The number of hydrogen-bond donors (Lipinski definition) is 2. The van der Waals surface area contributed by atoms with Crippen LogP contribution in [-0.2, 0) is 18.4 Å². The highest BCUT2D eigenvalue weighted by Crippen LogP contribution is 2.31. The molecule has 4 rings (SSSR count). The predicted molar refractivity (Wildman–Crippen MR) is 132 cm³/mol. The molecule has 10 heteroatoms. The van der Waals surface area contributed by atoms with Crippen molar-refractivity contribution in [3.63, 3.8) is 0 Å². The minimum absolute atomic E-state index is 0.0604. The third kappa shape index (κ3) is 4.57. The van der Waals surface area contributed by atoms with Crippen LogP contribution in [0.15, 0.2) is 39.0 Å². The molecule has 0 atom stereocenters. The Morgan fingerprint density at radius 2 is 2.00 bits per heavy atom. The summed E-state index contributed by atoms with van der Waals surface area (Å²) < 4.78 is 3.33. The molecule has 1 amide bonds. The van der Waals surface area contributed by atoms with Crippen LogP contribution in [-0.4, -0.2) is 36.8 Å². The summed E-state index contributed by atoms with van der Waals surface area (Å²) in [4.78, 5) is 47.3. The molecular weight excluding hydrogens is 440 g/mol. The number of aryl methyl sites for hydroxylation is 1. The van der Waals surface area contributed by atoms with Crippen molar-refractivity contribution in [1.82, 2.24) is 19.1 Å². The van der Waals surface area contributed by atoms with Crippen molar-refractivity contribution in [2.45, 2.75) is 63.2 Å². The van der Waals surface area contributed by atoms with Crippen LogP contribution in [0, 0.1) is 0 Å². The van der Waals surface area contributed by atoms with E-state index in [-0.39, 0.29) is 29.2 Å². The van der Waals surface area contributed by atoms with Crippen LogP contribution in [0.5, 0.6) is 0 Å². The number of thioether (sulfide) groups is 1. The lowest BCUT2D eigenvalue weighted by molar-refractivity contribution is -0.116. The molecule has 33 heavy (non-hydrogen) atoms. The lowest BCUT2D eigenvalue weighted by atomic mass is 10.2. The number of benzene rings is 1. The first kappa shape index (κ1) is 23.2. The van der Waals surface area contributed by atoms with E-state index in [1.807, 2.05) is 42.8 Å². The highest BCUT2D eigenvalue weighted by molar-refractivity contribution is 7.99. The molecule has 1 saturated carbocycles. The van der Waals surface area contributed by atoms with Gasteiger partial charge in [-0.15, -0.1) is 0 Å². The highest BCUT2D eigenvalue weighted by Gasteiger charge is 2.32. The summed E-state index contributed by atoms with van der Waals surface area (Å²) in [6.45, 7) is 2.41. The fourth-order valence-corrected chi connectivity index (χ4v) is 5.32. The van der Waals surface area contributed by atoms with E-state index in [0.717, 1.165) is 54.7 Å². The van der Waals surface area contributed by atoms with Gasteiger partial charge in [0.2, 0.25) is 5.91 Å². The smallest absolute Gasteiger partial charge is 0.330 e. The summed E-state index contributed by atoms with van der Waals surface area (Å²) in [6, 6.07) is 7.69. The summed E-state index contributed by atoms with van der Waals surface area (Å²) in [5, 5.41) is 0.728. The van der Waals surface area contributed by atoms with Crippen molar-refractivity contribution in [3.05, 3.63) is 45.1 Å². The number of carbonyl (C=O) groups excluding carboxylic acids is 1. The zero-order valence-corrected chi connectivity index (χ0v) is 19.9. The zero-order chi connectivity index (χ0) is 23.5. The van der Waals surface area contributed by atoms with Crippen LogP contribution in [0.1, 0.15) is 45.4 Å². The van der Waals surface area contributed by atoms with Gasteiger partial charge in [0.25, 0.3) is 5.56 Å². The summed E-state index contributed by atoms with van der Waals surface area (Å²) in [6.07, 6.45) is 5.19. The molecule has 0 spiro atoms. The number of anilines is 2. The van der Waals surface area contributed by atoms with Crippen molar-refractivity contribution in [1.29, 1.82) is 0 Å². The Labute approximate surface area is 196 Å². The van der Waals surface area contributed by atoms with E-state index in [9.17, 15) is 14.4 Å². The van der Waals surface area contributed by atoms with Gasteiger partial charge in [-0.1, -0.05) is 50.1 Å². The van der Waals surface area contributed by atoms with Crippen LogP contribution >= 0.6 is 11.8 Å². The number of nitrogens with zero attached hydrogens (tertiary/aromatic N) is 4. The maximum Gasteiger partial charge on any atom is 0.330 e. The van der Waals surface area contributed by atoms with Crippen molar-refractivity contribution < 1.29 is 4.79 Å². The number of aromatic nitrogens is 4.